The van der Waals surface area contributed by atoms with Crippen molar-refractivity contribution >= 4 is 5.91 Å². The second-order valence-corrected chi connectivity index (χ2v) is 8.01. The van der Waals surface area contributed by atoms with Crippen molar-refractivity contribution in [2.75, 3.05) is 35.2 Å². The highest BCUT2D eigenvalue weighted by Crippen LogP contribution is 2.39. The first-order chi connectivity index (χ1) is 11.7. The number of halogens is 1. The van der Waals surface area contributed by atoms with E-state index in [1.807, 2.05) is 50.5 Å². The highest BCUT2D eigenvalue weighted by Gasteiger charge is 2.46. The Morgan fingerprint density at radius 1 is 0.923 bits per heavy atom. The predicted molar refractivity (Wildman–Crippen MR) is 104 cm³/mol. The number of nitrogens with zero attached hydrogens (tertiary/aromatic N) is 2. The van der Waals surface area contributed by atoms with E-state index in [0.29, 0.717) is 6.04 Å². The van der Waals surface area contributed by atoms with E-state index in [4.69, 9.17) is 0 Å². The number of amides is 1. The molecule has 0 saturated heterocycles. The van der Waals surface area contributed by atoms with Crippen molar-refractivity contribution in [3.8, 4) is 0 Å². The summed E-state index contributed by atoms with van der Waals surface area (Å²) in [6, 6.07) is 20.7. The van der Waals surface area contributed by atoms with Crippen molar-refractivity contribution in [2.24, 2.45) is 0 Å². The largest absolute Gasteiger partial charge is 1.00 e. The Bertz CT molecular complexity index is 654. The number of benzene rings is 2. The predicted octanol–water partition coefficient (Wildman–Crippen LogP) is 0.550. The minimum atomic E-state index is -0.684. The molecule has 2 rings (SSSR count). The van der Waals surface area contributed by atoms with Crippen molar-refractivity contribution in [2.45, 2.75) is 24.8 Å². The summed E-state index contributed by atoms with van der Waals surface area (Å²) in [5, 5.41) is 0. The van der Waals surface area contributed by atoms with E-state index >= 15 is 0 Å². The highest BCUT2D eigenvalue weighted by atomic mass is 79.9. The van der Waals surface area contributed by atoms with Gasteiger partial charge >= 0.3 is 0 Å². The maximum atomic E-state index is 13.5. The molecule has 0 aromatic heterocycles. The summed E-state index contributed by atoms with van der Waals surface area (Å²) >= 11 is 0. The molecule has 0 aliphatic rings. The van der Waals surface area contributed by atoms with Crippen LogP contribution in [0.25, 0.3) is 0 Å². The SMILES string of the molecule is CC(CC(C(=O)N(C)C)(c1ccccc1)c1ccccc1)[N+](C)(C)C.[Br-]. The Morgan fingerprint density at radius 3 is 1.62 bits per heavy atom. The van der Waals surface area contributed by atoms with Gasteiger partial charge < -0.3 is 26.4 Å². The van der Waals surface area contributed by atoms with Gasteiger partial charge in [0.1, 0.15) is 5.41 Å². The monoisotopic (exact) mass is 418 g/mol. The van der Waals surface area contributed by atoms with Gasteiger partial charge in [0.15, 0.2) is 0 Å². The molecule has 2 aromatic carbocycles. The van der Waals surface area contributed by atoms with Crippen LogP contribution >= 0.6 is 0 Å². The summed E-state index contributed by atoms with van der Waals surface area (Å²) < 4.78 is 0.808. The smallest absolute Gasteiger partial charge is 0.237 e. The Morgan fingerprint density at radius 2 is 1.31 bits per heavy atom. The first-order valence-corrected chi connectivity index (χ1v) is 8.83. The molecule has 0 spiro atoms. The second kappa shape index (κ2) is 8.83. The zero-order valence-corrected chi connectivity index (χ0v) is 18.3. The number of carbonyl (C=O) groups excluding carboxylic acids is 1. The van der Waals surface area contributed by atoms with E-state index in [1.54, 1.807) is 4.90 Å². The molecule has 1 amide bonds. The molecule has 0 radical (unpaired) electrons. The maximum absolute atomic E-state index is 13.5. The van der Waals surface area contributed by atoms with E-state index in [2.05, 4.69) is 52.3 Å². The molecule has 0 bridgehead atoms. The zero-order valence-electron chi connectivity index (χ0n) is 16.7. The number of quaternary nitrogens is 1. The van der Waals surface area contributed by atoms with E-state index < -0.39 is 5.41 Å². The lowest BCUT2D eigenvalue weighted by Crippen LogP contribution is -3.00. The van der Waals surface area contributed by atoms with Crippen molar-refractivity contribution in [3.63, 3.8) is 0 Å². The third kappa shape index (κ3) is 4.54. The first kappa shape index (κ1) is 22.4. The van der Waals surface area contributed by atoms with E-state index in [9.17, 15) is 4.79 Å². The fourth-order valence-corrected chi connectivity index (χ4v) is 3.28. The lowest BCUT2D eigenvalue weighted by Gasteiger charge is -2.41. The molecule has 4 heteroatoms. The average Bonchev–Trinajstić information content (AvgIpc) is 2.59. The van der Waals surface area contributed by atoms with Crippen LogP contribution in [0.4, 0.5) is 0 Å². The van der Waals surface area contributed by atoms with Gasteiger partial charge in [-0.3, -0.25) is 4.79 Å². The van der Waals surface area contributed by atoms with Crippen molar-refractivity contribution in [1.82, 2.24) is 4.90 Å². The van der Waals surface area contributed by atoms with Gasteiger partial charge in [-0.1, -0.05) is 60.7 Å². The van der Waals surface area contributed by atoms with Crippen LogP contribution in [-0.2, 0) is 10.2 Å². The third-order valence-electron chi connectivity index (χ3n) is 5.23. The number of hydrogen-bond acceptors (Lipinski definition) is 1. The van der Waals surface area contributed by atoms with Crippen LogP contribution in [0.5, 0.6) is 0 Å². The van der Waals surface area contributed by atoms with Crippen molar-refractivity contribution in [3.05, 3.63) is 71.8 Å². The quantitative estimate of drug-likeness (QED) is 0.627. The average molecular weight is 419 g/mol. The molecule has 0 saturated carbocycles. The summed E-state index contributed by atoms with van der Waals surface area (Å²) in [6.45, 7) is 2.23. The van der Waals surface area contributed by atoms with Crippen LogP contribution in [-0.4, -0.2) is 56.6 Å². The number of carbonyl (C=O) groups is 1. The van der Waals surface area contributed by atoms with Crippen molar-refractivity contribution < 1.29 is 26.3 Å². The fraction of sp³-hybridized carbons (Fsp3) is 0.409. The molecule has 1 unspecified atom stereocenters. The Balaban J connectivity index is 0.00000338. The molecule has 0 heterocycles. The van der Waals surface area contributed by atoms with Crippen LogP contribution in [0.1, 0.15) is 24.5 Å². The molecule has 1 atom stereocenters. The number of likely N-dealkylation sites (N-methyl/N-ethyl adjacent to an activating group) is 1. The minimum absolute atomic E-state index is 0. The van der Waals surface area contributed by atoms with Crippen LogP contribution in [0.2, 0.25) is 0 Å². The molecule has 2 aromatic rings. The molecule has 26 heavy (non-hydrogen) atoms. The highest BCUT2D eigenvalue weighted by molar-refractivity contribution is 5.92. The number of rotatable bonds is 6. The summed E-state index contributed by atoms with van der Waals surface area (Å²) in [7, 11) is 10.3. The first-order valence-electron chi connectivity index (χ1n) is 8.83. The lowest BCUT2D eigenvalue weighted by molar-refractivity contribution is -0.894. The van der Waals surface area contributed by atoms with Gasteiger partial charge in [-0.15, -0.1) is 0 Å². The molecule has 0 aliphatic carbocycles. The molecule has 0 aliphatic heterocycles. The summed E-state index contributed by atoms with van der Waals surface area (Å²) in [5.74, 6) is 0.130. The molecule has 142 valence electrons. The normalized spacial score (nSPS) is 12.8. The molecular weight excluding hydrogens is 388 g/mol. The van der Waals surface area contributed by atoms with Crippen LogP contribution in [0.3, 0.4) is 0 Å². The molecule has 0 fully saturated rings. The van der Waals surface area contributed by atoms with Gasteiger partial charge in [-0.25, -0.2) is 0 Å². The minimum Gasteiger partial charge on any atom is -1.00 e. The number of hydrogen-bond donors (Lipinski definition) is 0. The Hall–Kier alpha value is -1.65. The summed E-state index contributed by atoms with van der Waals surface area (Å²) in [4.78, 5) is 15.3. The van der Waals surface area contributed by atoms with Crippen LogP contribution in [0, 0.1) is 0 Å². The third-order valence-corrected chi connectivity index (χ3v) is 5.23. The van der Waals surface area contributed by atoms with E-state index in [1.165, 1.54) is 0 Å². The van der Waals surface area contributed by atoms with Gasteiger partial charge in [0.05, 0.1) is 27.2 Å². The van der Waals surface area contributed by atoms with Gasteiger partial charge in [-0.2, -0.15) is 0 Å². The standard InChI is InChI=1S/C22H31N2O.BrH/c1-18(24(4,5)6)17-22(21(25)23(2)3,19-13-9-7-10-14-19)20-15-11-8-12-16-20;/h7-16,18H,17H2,1-6H3;1H/q+1;/p-1. The second-order valence-electron chi connectivity index (χ2n) is 8.01. The Labute approximate surface area is 169 Å². The van der Waals surface area contributed by atoms with E-state index in [-0.39, 0.29) is 22.9 Å². The Kier molecular flexibility index (Phi) is 7.60. The lowest BCUT2D eigenvalue weighted by atomic mass is 9.69. The van der Waals surface area contributed by atoms with Gasteiger partial charge in [0.2, 0.25) is 5.91 Å². The summed E-state index contributed by atoms with van der Waals surface area (Å²) in [5.41, 5.74) is 1.43. The summed E-state index contributed by atoms with van der Waals surface area (Å²) in [6.07, 6.45) is 0.752. The van der Waals surface area contributed by atoms with Crippen LogP contribution < -0.4 is 17.0 Å². The topological polar surface area (TPSA) is 20.3 Å². The molecular formula is C22H31BrN2O. The fourth-order valence-electron chi connectivity index (χ4n) is 3.28. The maximum Gasteiger partial charge on any atom is 0.237 e. The zero-order chi connectivity index (χ0) is 18.7. The van der Waals surface area contributed by atoms with Gasteiger partial charge in [0, 0.05) is 20.5 Å². The van der Waals surface area contributed by atoms with Crippen molar-refractivity contribution in [1.29, 1.82) is 0 Å². The van der Waals surface area contributed by atoms with Gasteiger partial charge in [-0.05, 0) is 18.1 Å². The van der Waals surface area contributed by atoms with Crippen LogP contribution in [0.15, 0.2) is 60.7 Å². The van der Waals surface area contributed by atoms with Gasteiger partial charge in [0.25, 0.3) is 0 Å². The molecule has 0 N–H and O–H groups in total. The molecule has 3 nitrogen and oxygen atoms in total. The van der Waals surface area contributed by atoms with E-state index in [0.717, 1.165) is 22.0 Å².